The highest BCUT2D eigenvalue weighted by molar-refractivity contribution is 9.10. The fourth-order valence-electron chi connectivity index (χ4n) is 3.16. The lowest BCUT2D eigenvalue weighted by atomic mass is 9.78. The molecule has 0 radical (unpaired) electrons. The molecule has 2 atom stereocenters. The van der Waals surface area contributed by atoms with Crippen molar-refractivity contribution in [3.05, 3.63) is 80.3 Å². The largest absolute Gasteiger partial charge is 0.464 e. The summed E-state index contributed by atoms with van der Waals surface area (Å²) in [5, 5.41) is 11.3. The average Bonchev–Trinajstić information content (AvgIpc) is 3.01. The Bertz CT molecular complexity index is 823. The van der Waals surface area contributed by atoms with E-state index < -0.39 is 28.9 Å². The van der Waals surface area contributed by atoms with Crippen molar-refractivity contribution in [3.63, 3.8) is 0 Å². The number of cyclic esters (lactones) is 1. The maximum absolute atomic E-state index is 12.6. The lowest BCUT2D eigenvalue weighted by molar-refractivity contribution is -0.484. The molecule has 0 N–H and O–H groups in total. The minimum Gasteiger partial charge on any atom is -0.464 e. The van der Waals surface area contributed by atoms with Crippen LogP contribution in [0.1, 0.15) is 23.5 Å². The quantitative estimate of drug-likeness (QED) is 0.311. The Morgan fingerprint density at radius 3 is 2.50 bits per heavy atom. The Hall–Kier alpha value is -2.54. The smallest absolute Gasteiger partial charge is 0.335 e. The van der Waals surface area contributed by atoms with Crippen molar-refractivity contribution in [2.24, 2.45) is 4.99 Å². The fourth-order valence-corrected chi connectivity index (χ4v) is 3.42. The van der Waals surface area contributed by atoms with Gasteiger partial charge in [-0.05, 0) is 23.3 Å². The van der Waals surface area contributed by atoms with Gasteiger partial charge in [0.2, 0.25) is 6.54 Å². The molecule has 0 spiro atoms. The van der Waals surface area contributed by atoms with Crippen molar-refractivity contribution in [2.75, 3.05) is 13.2 Å². The maximum Gasteiger partial charge on any atom is 0.335 e. The highest BCUT2D eigenvalue weighted by Crippen LogP contribution is 2.40. The maximum atomic E-state index is 12.6. The zero-order chi connectivity index (χ0) is 18.6. The Balaban J connectivity index is 2.05. The van der Waals surface area contributed by atoms with E-state index in [0.717, 1.165) is 10.0 Å². The number of aliphatic imine (C=N–C) groups is 1. The summed E-state index contributed by atoms with van der Waals surface area (Å²) in [6, 6.07) is 16.5. The van der Waals surface area contributed by atoms with Gasteiger partial charge < -0.3 is 4.74 Å². The molecule has 1 saturated heterocycles. The molecule has 2 aromatic rings. The normalized spacial score (nSPS) is 20.9. The van der Waals surface area contributed by atoms with Gasteiger partial charge >= 0.3 is 5.97 Å². The first-order valence-electron chi connectivity index (χ1n) is 8.16. The number of rotatable bonds is 6. The van der Waals surface area contributed by atoms with Crippen LogP contribution in [0.5, 0.6) is 0 Å². The van der Waals surface area contributed by atoms with Crippen LogP contribution in [0.3, 0.4) is 0 Å². The molecule has 2 aromatic carbocycles. The third-order valence-corrected chi connectivity index (χ3v) is 5.02. The number of carbonyl (C=O) groups is 1. The van der Waals surface area contributed by atoms with Crippen molar-refractivity contribution in [3.8, 4) is 0 Å². The first kappa shape index (κ1) is 18.3. The molecular weight excluding hydrogens is 400 g/mol. The van der Waals surface area contributed by atoms with E-state index in [1.807, 2.05) is 30.3 Å². The molecule has 134 valence electrons. The second kappa shape index (κ2) is 7.78. The van der Waals surface area contributed by atoms with E-state index in [0.29, 0.717) is 12.0 Å². The first-order valence-corrected chi connectivity index (χ1v) is 8.95. The van der Waals surface area contributed by atoms with E-state index in [4.69, 9.17) is 4.74 Å². The highest BCUT2D eigenvalue weighted by Gasteiger charge is 2.53. The van der Waals surface area contributed by atoms with Crippen LogP contribution in [0, 0.1) is 10.1 Å². The van der Waals surface area contributed by atoms with Gasteiger partial charge in [0.1, 0.15) is 0 Å². The van der Waals surface area contributed by atoms with Gasteiger partial charge in [-0.3, -0.25) is 15.1 Å². The summed E-state index contributed by atoms with van der Waals surface area (Å²) in [6.07, 6.45) is 1.90. The Morgan fingerprint density at radius 1 is 1.23 bits per heavy atom. The second-order valence-electron chi connectivity index (χ2n) is 6.10. The number of carbonyl (C=O) groups excluding carboxylic acids is 1. The minimum atomic E-state index is -1.29. The lowest BCUT2D eigenvalue weighted by Gasteiger charge is -2.28. The van der Waals surface area contributed by atoms with Crippen LogP contribution >= 0.6 is 15.9 Å². The zero-order valence-electron chi connectivity index (χ0n) is 13.9. The van der Waals surface area contributed by atoms with Crippen LogP contribution in [0.15, 0.2) is 64.1 Å². The van der Waals surface area contributed by atoms with E-state index in [1.54, 1.807) is 30.5 Å². The van der Waals surface area contributed by atoms with E-state index >= 15 is 0 Å². The summed E-state index contributed by atoms with van der Waals surface area (Å²) in [6.45, 7) is -0.196. The van der Waals surface area contributed by atoms with Crippen LogP contribution in [0.4, 0.5) is 0 Å². The van der Waals surface area contributed by atoms with Gasteiger partial charge in [-0.2, -0.15) is 0 Å². The van der Waals surface area contributed by atoms with Gasteiger partial charge in [-0.1, -0.05) is 58.4 Å². The van der Waals surface area contributed by atoms with Crippen LogP contribution in [0.25, 0.3) is 0 Å². The predicted octanol–water partition coefficient (Wildman–Crippen LogP) is 3.61. The third-order valence-electron chi connectivity index (χ3n) is 4.49. The average molecular weight is 417 g/mol. The number of benzene rings is 2. The van der Waals surface area contributed by atoms with Crippen molar-refractivity contribution >= 4 is 28.1 Å². The van der Waals surface area contributed by atoms with E-state index in [2.05, 4.69) is 20.9 Å². The Morgan fingerprint density at radius 2 is 1.92 bits per heavy atom. The predicted molar refractivity (Wildman–Crippen MR) is 101 cm³/mol. The molecule has 1 aliphatic rings. The number of nitro groups is 1. The first-order chi connectivity index (χ1) is 12.5. The lowest BCUT2D eigenvalue weighted by Crippen LogP contribution is -2.42. The van der Waals surface area contributed by atoms with Gasteiger partial charge in [-0.15, -0.1) is 0 Å². The van der Waals surface area contributed by atoms with Crippen LogP contribution in [0.2, 0.25) is 0 Å². The fraction of sp³-hybridized carbons (Fsp3) is 0.263. The van der Waals surface area contributed by atoms with Gasteiger partial charge in [0.05, 0.1) is 12.5 Å². The number of nitrogens with zero attached hydrogens (tertiary/aromatic N) is 2. The Kier molecular flexibility index (Phi) is 5.46. The van der Waals surface area contributed by atoms with Crippen molar-refractivity contribution in [1.29, 1.82) is 0 Å². The molecule has 0 amide bonds. The molecule has 1 heterocycles. The van der Waals surface area contributed by atoms with E-state index in [-0.39, 0.29) is 6.61 Å². The number of ether oxygens (including phenoxy) is 1. The molecule has 1 aliphatic heterocycles. The molecule has 7 heteroatoms. The third kappa shape index (κ3) is 3.83. The summed E-state index contributed by atoms with van der Waals surface area (Å²) in [5.41, 5.74) is 0.215. The molecule has 0 unspecified atom stereocenters. The zero-order valence-corrected chi connectivity index (χ0v) is 15.5. The van der Waals surface area contributed by atoms with Crippen LogP contribution in [-0.4, -0.2) is 35.8 Å². The molecule has 0 aromatic heterocycles. The van der Waals surface area contributed by atoms with Gasteiger partial charge in [-0.25, -0.2) is 4.79 Å². The standard InChI is InChI=1S/C19H17BrN2O4/c20-16-8-6-15(7-9-16)17(13-22(24)25)19(10-11-26-18(19)23)21-12-14-4-2-1-3-5-14/h1-9,12,17H,10-11,13H2/t17-,19+/m0/s1. The van der Waals surface area contributed by atoms with Crippen LogP contribution in [-0.2, 0) is 9.53 Å². The number of hydrogen-bond acceptors (Lipinski definition) is 5. The number of hydrogen-bond donors (Lipinski definition) is 0. The van der Waals surface area contributed by atoms with Crippen molar-refractivity contribution in [1.82, 2.24) is 0 Å². The van der Waals surface area contributed by atoms with E-state index in [9.17, 15) is 14.9 Å². The highest BCUT2D eigenvalue weighted by atomic mass is 79.9. The summed E-state index contributed by atoms with van der Waals surface area (Å²) >= 11 is 3.36. The number of halogens is 1. The number of esters is 1. The topological polar surface area (TPSA) is 81.8 Å². The van der Waals surface area contributed by atoms with E-state index in [1.165, 1.54) is 0 Å². The Labute approximate surface area is 159 Å². The molecular formula is C19H17BrN2O4. The molecule has 3 rings (SSSR count). The summed E-state index contributed by atoms with van der Waals surface area (Å²) in [4.78, 5) is 28.1. The molecule has 0 bridgehead atoms. The monoisotopic (exact) mass is 416 g/mol. The molecule has 0 aliphatic carbocycles. The molecule has 0 saturated carbocycles. The van der Waals surface area contributed by atoms with Crippen molar-refractivity contribution < 1.29 is 14.5 Å². The summed E-state index contributed by atoms with van der Waals surface area (Å²) < 4.78 is 6.04. The SMILES string of the molecule is O=C1OCC[C@@]1(N=Cc1ccccc1)[C@@H](C[N+](=O)[O-])c1ccc(Br)cc1. The minimum absolute atomic E-state index is 0.204. The molecule has 1 fully saturated rings. The van der Waals surface area contributed by atoms with Crippen molar-refractivity contribution in [2.45, 2.75) is 17.9 Å². The molecule has 26 heavy (non-hydrogen) atoms. The van der Waals surface area contributed by atoms with Gasteiger partial charge in [0, 0.05) is 22.0 Å². The van der Waals surface area contributed by atoms with Gasteiger partial charge in [0.15, 0.2) is 5.54 Å². The van der Waals surface area contributed by atoms with Crippen LogP contribution < -0.4 is 0 Å². The van der Waals surface area contributed by atoms with Gasteiger partial charge in [0.25, 0.3) is 0 Å². The second-order valence-corrected chi connectivity index (χ2v) is 7.01. The summed E-state index contributed by atoms with van der Waals surface area (Å²) in [5.74, 6) is -1.22. The summed E-state index contributed by atoms with van der Waals surface area (Å²) in [7, 11) is 0. The molecule has 6 nitrogen and oxygen atoms in total.